The Labute approximate surface area is 166 Å². The molecule has 2 aromatic heterocycles. The molecule has 2 aromatic rings. The van der Waals surface area contributed by atoms with Gasteiger partial charge in [0.05, 0.1) is 0 Å². The van der Waals surface area contributed by atoms with Crippen molar-refractivity contribution < 1.29 is 8.42 Å². The van der Waals surface area contributed by atoms with Crippen molar-refractivity contribution in [3.63, 3.8) is 0 Å². The van der Waals surface area contributed by atoms with Crippen LogP contribution in [0.3, 0.4) is 0 Å². The Morgan fingerprint density at radius 1 is 0.786 bits per heavy atom. The van der Waals surface area contributed by atoms with E-state index in [2.05, 4.69) is 25.0 Å². The van der Waals surface area contributed by atoms with Gasteiger partial charge in [0.2, 0.25) is 10.0 Å². The Balaban J connectivity index is 1.56. The molecule has 2 aliphatic heterocycles. The normalized spacial score (nSPS) is 19.4. The van der Waals surface area contributed by atoms with Crippen LogP contribution in [-0.2, 0) is 10.0 Å². The van der Waals surface area contributed by atoms with Crippen LogP contribution >= 0.6 is 0 Å². The number of hydrogen-bond donors (Lipinski definition) is 0. The van der Waals surface area contributed by atoms with Crippen molar-refractivity contribution in [3.8, 4) is 0 Å². The standard InChI is InChI=1S/C19H26N6O2S/c26-28(27,25-13-2-1-3-14-25)17-7-4-9-20-19(17)24-12-6-11-23(15-16-24)18-8-5-10-21-22-18/h4-5,7-10H,1-3,6,11-16H2. The monoisotopic (exact) mass is 402 g/mol. The summed E-state index contributed by atoms with van der Waals surface area (Å²) in [4.78, 5) is 9.08. The van der Waals surface area contributed by atoms with E-state index in [-0.39, 0.29) is 0 Å². The largest absolute Gasteiger partial charge is 0.354 e. The third-order valence-electron chi connectivity index (χ3n) is 5.36. The molecule has 2 aliphatic rings. The lowest BCUT2D eigenvalue weighted by Gasteiger charge is -2.29. The fourth-order valence-electron chi connectivity index (χ4n) is 3.89. The molecule has 150 valence electrons. The van der Waals surface area contributed by atoms with Gasteiger partial charge in [-0.2, -0.15) is 9.40 Å². The molecule has 8 nitrogen and oxygen atoms in total. The van der Waals surface area contributed by atoms with E-state index in [9.17, 15) is 8.42 Å². The number of sulfonamides is 1. The molecule has 0 saturated carbocycles. The van der Waals surface area contributed by atoms with Gasteiger partial charge in [0.1, 0.15) is 10.7 Å². The van der Waals surface area contributed by atoms with Gasteiger partial charge in [-0.1, -0.05) is 6.42 Å². The maximum atomic E-state index is 13.3. The molecule has 0 N–H and O–H groups in total. The van der Waals surface area contributed by atoms with Gasteiger partial charge in [-0.15, -0.1) is 5.10 Å². The highest BCUT2D eigenvalue weighted by molar-refractivity contribution is 7.89. The highest BCUT2D eigenvalue weighted by atomic mass is 32.2. The van der Waals surface area contributed by atoms with Crippen molar-refractivity contribution in [2.75, 3.05) is 49.1 Å². The molecule has 0 spiro atoms. The molecule has 0 atom stereocenters. The van der Waals surface area contributed by atoms with E-state index in [0.717, 1.165) is 51.1 Å². The van der Waals surface area contributed by atoms with Gasteiger partial charge in [-0.25, -0.2) is 13.4 Å². The lowest BCUT2D eigenvalue weighted by atomic mass is 10.2. The molecule has 2 fully saturated rings. The van der Waals surface area contributed by atoms with Crippen LogP contribution in [0.5, 0.6) is 0 Å². The molecule has 2 saturated heterocycles. The van der Waals surface area contributed by atoms with Crippen LogP contribution in [0.1, 0.15) is 25.7 Å². The Morgan fingerprint density at radius 3 is 2.32 bits per heavy atom. The second-order valence-corrected chi connectivity index (χ2v) is 9.11. The van der Waals surface area contributed by atoms with Crippen molar-refractivity contribution in [1.29, 1.82) is 0 Å². The van der Waals surface area contributed by atoms with Crippen molar-refractivity contribution in [3.05, 3.63) is 36.7 Å². The van der Waals surface area contributed by atoms with Gasteiger partial charge >= 0.3 is 0 Å². The number of anilines is 2. The summed E-state index contributed by atoms with van der Waals surface area (Å²) in [5.41, 5.74) is 0. The van der Waals surface area contributed by atoms with Crippen LogP contribution in [-0.4, -0.2) is 67.2 Å². The van der Waals surface area contributed by atoms with Crippen LogP contribution in [0.15, 0.2) is 41.6 Å². The lowest BCUT2D eigenvalue weighted by molar-refractivity contribution is 0.346. The first kappa shape index (κ1) is 19.1. The second kappa shape index (κ2) is 8.40. The van der Waals surface area contributed by atoms with E-state index < -0.39 is 10.0 Å². The predicted molar refractivity (Wildman–Crippen MR) is 108 cm³/mol. The second-order valence-electron chi connectivity index (χ2n) is 7.20. The third-order valence-corrected chi connectivity index (χ3v) is 7.28. The van der Waals surface area contributed by atoms with Crippen LogP contribution < -0.4 is 9.80 Å². The van der Waals surface area contributed by atoms with Crippen LogP contribution in [0.4, 0.5) is 11.6 Å². The molecule has 0 aromatic carbocycles. The van der Waals surface area contributed by atoms with E-state index in [1.165, 1.54) is 0 Å². The first-order valence-electron chi connectivity index (χ1n) is 9.89. The van der Waals surface area contributed by atoms with Gasteiger partial charge in [0, 0.05) is 51.7 Å². The third kappa shape index (κ3) is 3.95. The first-order chi connectivity index (χ1) is 13.7. The molecule has 28 heavy (non-hydrogen) atoms. The molecule has 4 rings (SSSR count). The van der Waals surface area contributed by atoms with E-state index >= 15 is 0 Å². The quantitative estimate of drug-likeness (QED) is 0.771. The van der Waals surface area contributed by atoms with Gasteiger partial charge in [0.15, 0.2) is 5.82 Å². The minimum absolute atomic E-state index is 0.324. The number of aromatic nitrogens is 3. The van der Waals surface area contributed by atoms with Crippen LogP contribution in [0.25, 0.3) is 0 Å². The van der Waals surface area contributed by atoms with Gasteiger partial charge in [-0.05, 0) is 43.5 Å². The summed E-state index contributed by atoms with van der Waals surface area (Å²) in [5.74, 6) is 1.42. The van der Waals surface area contributed by atoms with Crippen LogP contribution in [0, 0.1) is 0 Å². The SMILES string of the molecule is O=S(=O)(c1cccnc1N1CCCN(c2cccnn2)CC1)N1CCCCC1. The van der Waals surface area contributed by atoms with E-state index in [4.69, 9.17) is 0 Å². The Hall–Kier alpha value is -2.26. The minimum Gasteiger partial charge on any atom is -0.354 e. The molecule has 9 heteroatoms. The fourth-order valence-corrected chi connectivity index (χ4v) is 5.57. The lowest BCUT2D eigenvalue weighted by Crippen LogP contribution is -2.37. The zero-order chi connectivity index (χ0) is 19.4. The Bertz CT molecular complexity index is 886. The summed E-state index contributed by atoms with van der Waals surface area (Å²) in [6, 6.07) is 7.24. The number of nitrogens with zero attached hydrogens (tertiary/aromatic N) is 6. The summed E-state index contributed by atoms with van der Waals surface area (Å²) in [6.45, 7) is 4.25. The average molecular weight is 403 g/mol. The number of piperidine rings is 1. The van der Waals surface area contributed by atoms with E-state index in [1.807, 2.05) is 12.1 Å². The molecule has 0 unspecified atom stereocenters. The summed E-state index contributed by atoms with van der Waals surface area (Å²) in [5, 5.41) is 8.16. The number of rotatable bonds is 4. The maximum absolute atomic E-state index is 13.3. The van der Waals surface area contributed by atoms with Crippen molar-refractivity contribution in [1.82, 2.24) is 19.5 Å². The van der Waals surface area contributed by atoms with Gasteiger partial charge in [-0.3, -0.25) is 0 Å². The molecule has 0 aliphatic carbocycles. The maximum Gasteiger partial charge on any atom is 0.246 e. The molecular weight excluding hydrogens is 376 g/mol. The van der Waals surface area contributed by atoms with Crippen molar-refractivity contribution >= 4 is 21.7 Å². The molecule has 0 bridgehead atoms. The first-order valence-corrected chi connectivity index (χ1v) is 11.3. The summed E-state index contributed by atoms with van der Waals surface area (Å²) in [7, 11) is -3.53. The zero-order valence-electron chi connectivity index (χ0n) is 15.9. The highest BCUT2D eigenvalue weighted by Crippen LogP contribution is 2.28. The van der Waals surface area contributed by atoms with Gasteiger partial charge < -0.3 is 9.80 Å². The summed E-state index contributed by atoms with van der Waals surface area (Å²) >= 11 is 0. The summed E-state index contributed by atoms with van der Waals surface area (Å²) < 4.78 is 28.1. The highest BCUT2D eigenvalue weighted by Gasteiger charge is 2.31. The van der Waals surface area contributed by atoms with Crippen LogP contribution in [0.2, 0.25) is 0 Å². The topological polar surface area (TPSA) is 82.5 Å². The van der Waals surface area contributed by atoms with Gasteiger partial charge in [0.25, 0.3) is 0 Å². The Kier molecular flexibility index (Phi) is 5.72. The van der Waals surface area contributed by atoms with Crippen molar-refractivity contribution in [2.45, 2.75) is 30.6 Å². The molecule has 4 heterocycles. The van der Waals surface area contributed by atoms with E-state index in [0.29, 0.717) is 30.3 Å². The van der Waals surface area contributed by atoms with E-state index in [1.54, 1.807) is 28.8 Å². The smallest absolute Gasteiger partial charge is 0.246 e. The predicted octanol–water partition coefficient (Wildman–Crippen LogP) is 1.76. The number of pyridine rings is 1. The average Bonchev–Trinajstić information content (AvgIpc) is 3.01. The molecule has 0 amide bonds. The minimum atomic E-state index is -3.53. The number of hydrogen-bond acceptors (Lipinski definition) is 7. The molecular formula is C19H26N6O2S. The Morgan fingerprint density at radius 2 is 1.54 bits per heavy atom. The summed E-state index contributed by atoms with van der Waals surface area (Å²) in [6.07, 6.45) is 7.18. The molecule has 0 radical (unpaired) electrons. The van der Waals surface area contributed by atoms with Crippen molar-refractivity contribution in [2.24, 2.45) is 0 Å². The fraction of sp³-hybridized carbons (Fsp3) is 0.526. The zero-order valence-corrected chi connectivity index (χ0v) is 16.8.